The molecule has 0 aromatic carbocycles. The van der Waals surface area contributed by atoms with E-state index in [1.807, 2.05) is 0 Å². The number of hydrogen-bond donors (Lipinski definition) is 1. The van der Waals surface area contributed by atoms with Crippen molar-refractivity contribution in [2.24, 2.45) is 17.6 Å². The lowest BCUT2D eigenvalue weighted by Gasteiger charge is -2.45. The van der Waals surface area contributed by atoms with Crippen LogP contribution in [0.1, 0.15) is 46.5 Å². The van der Waals surface area contributed by atoms with E-state index in [2.05, 4.69) is 44.7 Å². The fourth-order valence-electron chi connectivity index (χ4n) is 3.85. The van der Waals surface area contributed by atoms with Gasteiger partial charge in [0, 0.05) is 18.6 Å². The second-order valence-electron chi connectivity index (χ2n) is 6.59. The summed E-state index contributed by atoms with van der Waals surface area (Å²) in [4.78, 5) is 5.00. The Kier molecular flexibility index (Phi) is 7.33. The molecule has 1 fully saturated rings. The van der Waals surface area contributed by atoms with Crippen LogP contribution in [-0.2, 0) is 0 Å². The summed E-state index contributed by atoms with van der Waals surface area (Å²) < 4.78 is 0. The van der Waals surface area contributed by atoms with Gasteiger partial charge in [0.25, 0.3) is 0 Å². The molecular formula is C16H35N3. The van der Waals surface area contributed by atoms with Crippen molar-refractivity contribution in [3.05, 3.63) is 0 Å². The fraction of sp³-hybridized carbons (Fsp3) is 1.00. The lowest BCUT2D eigenvalue weighted by atomic mass is 9.76. The van der Waals surface area contributed by atoms with E-state index in [0.29, 0.717) is 18.0 Å². The Balaban J connectivity index is 2.73. The molecule has 1 aliphatic carbocycles. The van der Waals surface area contributed by atoms with E-state index in [1.54, 1.807) is 0 Å². The number of rotatable bonds is 7. The van der Waals surface area contributed by atoms with E-state index >= 15 is 0 Å². The molecule has 0 amide bonds. The zero-order valence-electron chi connectivity index (χ0n) is 13.7. The molecule has 4 atom stereocenters. The molecule has 114 valence electrons. The van der Waals surface area contributed by atoms with Crippen LogP contribution in [0.25, 0.3) is 0 Å². The third kappa shape index (κ3) is 4.73. The number of nitrogens with zero attached hydrogens (tertiary/aromatic N) is 2. The fourth-order valence-corrected chi connectivity index (χ4v) is 3.85. The molecular weight excluding hydrogens is 234 g/mol. The van der Waals surface area contributed by atoms with Crippen molar-refractivity contribution in [1.29, 1.82) is 0 Å². The van der Waals surface area contributed by atoms with Crippen molar-refractivity contribution in [3.8, 4) is 0 Å². The molecule has 0 aliphatic heterocycles. The molecule has 3 heteroatoms. The van der Waals surface area contributed by atoms with Gasteiger partial charge in [-0.25, -0.2) is 0 Å². The van der Waals surface area contributed by atoms with E-state index < -0.39 is 0 Å². The van der Waals surface area contributed by atoms with Crippen LogP contribution in [0.5, 0.6) is 0 Å². The topological polar surface area (TPSA) is 32.5 Å². The molecule has 19 heavy (non-hydrogen) atoms. The Labute approximate surface area is 120 Å². The Morgan fingerprint density at radius 3 is 2.37 bits per heavy atom. The minimum atomic E-state index is 0.620. The second-order valence-corrected chi connectivity index (χ2v) is 6.59. The molecule has 0 aromatic rings. The normalized spacial score (nSPS) is 30.0. The summed E-state index contributed by atoms with van der Waals surface area (Å²) in [6.45, 7) is 10.1. The second kappa shape index (κ2) is 8.23. The molecule has 4 unspecified atom stereocenters. The molecule has 0 aromatic heterocycles. The molecule has 1 saturated carbocycles. The third-order valence-corrected chi connectivity index (χ3v) is 4.93. The van der Waals surface area contributed by atoms with Crippen molar-refractivity contribution in [3.63, 3.8) is 0 Å². The van der Waals surface area contributed by atoms with Gasteiger partial charge in [-0.1, -0.05) is 26.7 Å². The first kappa shape index (κ1) is 16.9. The van der Waals surface area contributed by atoms with Crippen molar-refractivity contribution >= 4 is 0 Å². The standard InChI is InChI=1S/C16H35N3/c1-6-14-8-9-15(11-17)16(10-14)19(7-2)13(3)12-18(4)5/h13-16H,6-12,17H2,1-5H3. The van der Waals surface area contributed by atoms with Gasteiger partial charge < -0.3 is 10.6 Å². The molecule has 3 nitrogen and oxygen atoms in total. The minimum Gasteiger partial charge on any atom is -0.330 e. The highest BCUT2D eigenvalue weighted by Crippen LogP contribution is 2.34. The highest BCUT2D eigenvalue weighted by molar-refractivity contribution is 4.89. The van der Waals surface area contributed by atoms with Gasteiger partial charge in [-0.15, -0.1) is 0 Å². The van der Waals surface area contributed by atoms with E-state index in [9.17, 15) is 0 Å². The highest BCUT2D eigenvalue weighted by atomic mass is 15.2. The van der Waals surface area contributed by atoms with Crippen molar-refractivity contribution in [2.75, 3.05) is 33.7 Å². The van der Waals surface area contributed by atoms with Crippen LogP contribution in [0.3, 0.4) is 0 Å². The van der Waals surface area contributed by atoms with Gasteiger partial charge in [0.15, 0.2) is 0 Å². The average Bonchev–Trinajstić information content (AvgIpc) is 2.38. The van der Waals surface area contributed by atoms with Gasteiger partial charge in [0.2, 0.25) is 0 Å². The summed E-state index contributed by atoms with van der Waals surface area (Å²) >= 11 is 0. The first-order valence-electron chi connectivity index (χ1n) is 8.13. The van der Waals surface area contributed by atoms with Gasteiger partial charge in [0.1, 0.15) is 0 Å². The lowest BCUT2D eigenvalue weighted by molar-refractivity contribution is 0.0467. The molecule has 0 spiro atoms. The zero-order valence-corrected chi connectivity index (χ0v) is 13.7. The maximum Gasteiger partial charge on any atom is 0.0197 e. The SMILES string of the molecule is CCC1CCC(CN)C(N(CC)C(C)CN(C)C)C1. The molecule has 1 aliphatic rings. The predicted molar refractivity (Wildman–Crippen MR) is 84.4 cm³/mol. The van der Waals surface area contributed by atoms with Crippen molar-refractivity contribution < 1.29 is 0 Å². The Bertz CT molecular complexity index is 242. The molecule has 0 radical (unpaired) electrons. The zero-order chi connectivity index (χ0) is 14.4. The summed E-state index contributed by atoms with van der Waals surface area (Å²) in [6, 6.07) is 1.32. The smallest absolute Gasteiger partial charge is 0.0197 e. The minimum absolute atomic E-state index is 0.620. The van der Waals surface area contributed by atoms with Gasteiger partial charge in [0.05, 0.1) is 0 Å². The van der Waals surface area contributed by atoms with Crippen LogP contribution >= 0.6 is 0 Å². The van der Waals surface area contributed by atoms with Crippen LogP contribution in [0.4, 0.5) is 0 Å². The van der Waals surface area contributed by atoms with Gasteiger partial charge in [-0.05, 0) is 58.8 Å². The highest BCUT2D eigenvalue weighted by Gasteiger charge is 2.34. The summed E-state index contributed by atoms with van der Waals surface area (Å²) in [5.41, 5.74) is 6.04. The van der Waals surface area contributed by atoms with Crippen LogP contribution < -0.4 is 5.73 Å². The van der Waals surface area contributed by atoms with Crippen molar-refractivity contribution in [2.45, 2.75) is 58.5 Å². The predicted octanol–water partition coefficient (Wildman–Crippen LogP) is 2.41. The molecule has 2 N–H and O–H groups in total. The number of hydrogen-bond acceptors (Lipinski definition) is 3. The Morgan fingerprint density at radius 1 is 1.21 bits per heavy atom. The summed E-state index contributed by atoms with van der Waals surface area (Å²) in [7, 11) is 4.33. The first-order chi connectivity index (χ1) is 9.03. The Hall–Kier alpha value is -0.120. The molecule has 0 bridgehead atoms. The van der Waals surface area contributed by atoms with Crippen LogP contribution in [0.15, 0.2) is 0 Å². The monoisotopic (exact) mass is 269 g/mol. The van der Waals surface area contributed by atoms with Crippen LogP contribution in [0.2, 0.25) is 0 Å². The molecule has 1 rings (SSSR count). The van der Waals surface area contributed by atoms with E-state index in [0.717, 1.165) is 25.6 Å². The van der Waals surface area contributed by atoms with Crippen LogP contribution in [0, 0.1) is 11.8 Å². The quantitative estimate of drug-likeness (QED) is 0.770. The maximum absolute atomic E-state index is 6.04. The lowest BCUT2D eigenvalue weighted by Crippen LogP contribution is -2.52. The van der Waals surface area contributed by atoms with Crippen molar-refractivity contribution in [1.82, 2.24) is 9.80 Å². The summed E-state index contributed by atoms with van der Waals surface area (Å²) in [5.74, 6) is 1.61. The van der Waals surface area contributed by atoms with Gasteiger partial charge in [-0.2, -0.15) is 0 Å². The third-order valence-electron chi connectivity index (χ3n) is 4.93. The Morgan fingerprint density at radius 2 is 1.89 bits per heavy atom. The largest absolute Gasteiger partial charge is 0.330 e. The van der Waals surface area contributed by atoms with E-state index in [4.69, 9.17) is 5.73 Å². The van der Waals surface area contributed by atoms with E-state index in [-0.39, 0.29) is 0 Å². The average molecular weight is 269 g/mol. The number of nitrogens with two attached hydrogens (primary N) is 1. The maximum atomic E-state index is 6.04. The van der Waals surface area contributed by atoms with Gasteiger partial charge >= 0.3 is 0 Å². The van der Waals surface area contributed by atoms with E-state index in [1.165, 1.54) is 25.7 Å². The molecule has 0 saturated heterocycles. The summed E-state index contributed by atoms with van der Waals surface area (Å²) in [6.07, 6.45) is 5.39. The number of likely N-dealkylation sites (N-methyl/N-ethyl adjacent to an activating group) is 2. The van der Waals surface area contributed by atoms with Gasteiger partial charge in [-0.3, -0.25) is 4.90 Å². The summed E-state index contributed by atoms with van der Waals surface area (Å²) in [5, 5.41) is 0. The first-order valence-corrected chi connectivity index (χ1v) is 8.13. The van der Waals surface area contributed by atoms with Crippen LogP contribution in [-0.4, -0.2) is 55.6 Å². The molecule has 0 heterocycles.